The molecule has 3 aromatic heterocycles. The van der Waals surface area contributed by atoms with E-state index in [0.717, 1.165) is 54.5 Å². The van der Waals surface area contributed by atoms with Crippen molar-refractivity contribution in [1.29, 1.82) is 5.26 Å². The number of nitriles is 1. The van der Waals surface area contributed by atoms with E-state index in [4.69, 9.17) is 5.73 Å². The molecule has 0 bridgehead atoms. The highest BCUT2D eigenvalue weighted by Crippen LogP contribution is 2.22. The van der Waals surface area contributed by atoms with Crippen molar-refractivity contribution in [2.75, 3.05) is 36.8 Å². The van der Waals surface area contributed by atoms with Crippen molar-refractivity contribution in [3.8, 4) is 6.07 Å². The van der Waals surface area contributed by atoms with Crippen LogP contribution < -0.4 is 10.6 Å². The Morgan fingerprint density at radius 1 is 1.25 bits per heavy atom. The number of pyridine rings is 1. The summed E-state index contributed by atoms with van der Waals surface area (Å²) in [5.74, 6) is 0.344. The maximum absolute atomic E-state index is 9.51. The number of piperazine rings is 1. The zero-order valence-corrected chi connectivity index (χ0v) is 13.9. The normalized spacial score (nSPS) is 15.7. The highest BCUT2D eigenvalue weighted by Gasteiger charge is 2.21. The molecular weight excluding hydrogens is 322 g/mol. The molecule has 0 radical (unpaired) electrons. The lowest BCUT2D eigenvalue weighted by atomic mass is 10.1. The molecule has 0 aromatic carbocycles. The van der Waals surface area contributed by atoms with Gasteiger partial charge in [0.15, 0.2) is 0 Å². The molecule has 4 rings (SSSR count). The van der Waals surface area contributed by atoms with Crippen LogP contribution in [0.1, 0.15) is 11.1 Å². The number of fused-ring (bicyclic) bond motifs is 1. The van der Waals surface area contributed by atoms with Crippen LogP contribution in [-0.2, 0) is 6.54 Å². The molecule has 4 heterocycles. The molecule has 1 aliphatic heterocycles. The van der Waals surface area contributed by atoms with Gasteiger partial charge in [0, 0.05) is 62.2 Å². The van der Waals surface area contributed by atoms with Crippen molar-refractivity contribution < 1.29 is 0 Å². The summed E-state index contributed by atoms with van der Waals surface area (Å²) in [5, 5.41) is 10.4. The third-order valence-corrected chi connectivity index (χ3v) is 5.13. The van der Waals surface area contributed by atoms with Gasteiger partial charge in [0.05, 0.1) is 11.1 Å². The van der Waals surface area contributed by atoms with E-state index in [0.29, 0.717) is 5.95 Å². The smallest absolute Gasteiger partial charge is 0.233 e. The average molecular weight is 339 g/mol. The Bertz CT molecular complexity index is 899. The van der Waals surface area contributed by atoms with Gasteiger partial charge in [0.2, 0.25) is 11.1 Å². The van der Waals surface area contributed by atoms with Gasteiger partial charge < -0.3 is 15.0 Å². The number of nitrogens with zero attached hydrogens (tertiary/aromatic N) is 6. The number of hydrogen-bond acceptors (Lipinski definition) is 7. The van der Waals surface area contributed by atoms with Crippen LogP contribution in [0.15, 0.2) is 30.6 Å². The van der Waals surface area contributed by atoms with Crippen molar-refractivity contribution in [1.82, 2.24) is 18.7 Å². The van der Waals surface area contributed by atoms with Crippen LogP contribution in [0.25, 0.3) is 5.52 Å². The van der Waals surface area contributed by atoms with Gasteiger partial charge in [0.1, 0.15) is 6.07 Å². The van der Waals surface area contributed by atoms with Gasteiger partial charge >= 0.3 is 0 Å². The Labute approximate surface area is 143 Å². The summed E-state index contributed by atoms with van der Waals surface area (Å²) in [6.45, 7) is 4.43. The Kier molecular flexibility index (Phi) is 3.80. The van der Waals surface area contributed by atoms with Gasteiger partial charge in [-0.15, -0.1) is 0 Å². The molecule has 1 saturated heterocycles. The lowest BCUT2D eigenvalue weighted by molar-refractivity contribution is 0.249. The first kappa shape index (κ1) is 14.9. The van der Waals surface area contributed by atoms with Crippen LogP contribution >= 0.6 is 11.5 Å². The lowest BCUT2D eigenvalue weighted by Crippen LogP contribution is -2.46. The van der Waals surface area contributed by atoms with Gasteiger partial charge in [-0.25, -0.2) is 0 Å². The molecular formula is C16H17N7S. The van der Waals surface area contributed by atoms with Crippen LogP contribution in [0, 0.1) is 11.3 Å². The molecule has 0 unspecified atom stereocenters. The van der Waals surface area contributed by atoms with E-state index >= 15 is 0 Å². The van der Waals surface area contributed by atoms with Crippen LogP contribution in [0.2, 0.25) is 0 Å². The molecule has 24 heavy (non-hydrogen) atoms. The molecule has 0 atom stereocenters. The number of aromatic nitrogens is 3. The van der Waals surface area contributed by atoms with Crippen molar-refractivity contribution in [2.45, 2.75) is 6.54 Å². The summed E-state index contributed by atoms with van der Waals surface area (Å²) in [7, 11) is 0. The fraction of sp³-hybridized carbons (Fsp3) is 0.312. The molecule has 1 fully saturated rings. The first-order chi connectivity index (χ1) is 11.7. The molecule has 7 nitrogen and oxygen atoms in total. The average Bonchev–Trinajstić information content (AvgIpc) is 3.18. The van der Waals surface area contributed by atoms with Gasteiger partial charge in [-0.1, -0.05) is 6.07 Å². The monoisotopic (exact) mass is 339 g/mol. The van der Waals surface area contributed by atoms with Crippen molar-refractivity contribution >= 4 is 28.1 Å². The van der Waals surface area contributed by atoms with E-state index in [-0.39, 0.29) is 0 Å². The first-order valence-corrected chi connectivity index (χ1v) is 8.57. The fourth-order valence-electron chi connectivity index (χ4n) is 3.12. The lowest BCUT2D eigenvalue weighted by Gasteiger charge is -2.34. The Balaban J connectivity index is 1.47. The third-order valence-electron chi connectivity index (χ3n) is 4.34. The second-order valence-electron chi connectivity index (χ2n) is 5.83. The molecule has 122 valence electrons. The molecule has 8 heteroatoms. The Morgan fingerprint density at radius 3 is 2.79 bits per heavy atom. The largest absolute Gasteiger partial charge is 0.367 e. The van der Waals surface area contributed by atoms with E-state index in [1.807, 2.05) is 28.8 Å². The SMILES string of the molecule is N#Cc1c(CN2CCN(c3nc(N)ns3)CC2)cn2ccccc12. The molecule has 3 aromatic rings. The van der Waals surface area contributed by atoms with Gasteiger partial charge in [-0.05, 0) is 12.1 Å². The van der Waals surface area contributed by atoms with E-state index < -0.39 is 0 Å². The number of nitrogen functional groups attached to an aromatic ring is 1. The van der Waals surface area contributed by atoms with E-state index in [1.165, 1.54) is 11.5 Å². The standard InChI is InChI=1S/C16H17N7S/c17-9-13-12(11-23-4-2-1-3-14(13)23)10-21-5-7-22(8-6-21)16-19-15(18)20-24-16/h1-4,11H,5-8,10H2,(H2,18,20). The minimum atomic E-state index is 0.344. The van der Waals surface area contributed by atoms with E-state index in [1.54, 1.807) is 0 Å². The Hall–Kier alpha value is -2.63. The van der Waals surface area contributed by atoms with Crippen molar-refractivity contribution in [2.24, 2.45) is 0 Å². The number of anilines is 2. The summed E-state index contributed by atoms with van der Waals surface area (Å²) in [6.07, 6.45) is 4.04. The summed E-state index contributed by atoms with van der Waals surface area (Å²) >= 11 is 1.35. The molecule has 1 aliphatic rings. The molecule has 0 amide bonds. The first-order valence-electron chi connectivity index (χ1n) is 7.80. The minimum Gasteiger partial charge on any atom is -0.367 e. The van der Waals surface area contributed by atoms with Crippen molar-refractivity contribution in [3.05, 3.63) is 41.7 Å². The highest BCUT2D eigenvalue weighted by molar-refractivity contribution is 7.09. The van der Waals surface area contributed by atoms with Crippen LogP contribution in [0.3, 0.4) is 0 Å². The summed E-state index contributed by atoms with van der Waals surface area (Å²) in [4.78, 5) is 8.83. The second kappa shape index (κ2) is 6.11. The number of hydrogen-bond donors (Lipinski definition) is 1. The van der Waals surface area contributed by atoms with Crippen LogP contribution in [0.4, 0.5) is 11.1 Å². The summed E-state index contributed by atoms with van der Waals surface area (Å²) < 4.78 is 6.06. The predicted molar refractivity (Wildman–Crippen MR) is 93.9 cm³/mol. The molecule has 0 spiro atoms. The maximum atomic E-state index is 9.51. The highest BCUT2D eigenvalue weighted by atomic mass is 32.1. The summed E-state index contributed by atoms with van der Waals surface area (Å²) in [5.41, 5.74) is 8.43. The fourth-order valence-corrected chi connectivity index (χ4v) is 3.77. The number of nitrogens with two attached hydrogens (primary N) is 1. The topological polar surface area (TPSA) is 86.5 Å². The Morgan fingerprint density at radius 2 is 2.08 bits per heavy atom. The van der Waals surface area contributed by atoms with Crippen LogP contribution in [-0.4, -0.2) is 44.8 Å². The van der Waals surface area contributed by atoms with E-state index in [9.17, 15) is 5.26 Å². The minimum absolute atomic E-state index is 0.344. The molecule has 0 saturated carbocycles. The van der Waals surface area contributed by atoms with Gasteiger partial charge in [-0.3, -0.25) is 4.90 Å². The van der Waals surface area contributed by atoms with Gasteiger partial charge in [-0.2, -0.15) is 14.6 Å². The van der Waals surface area contributed by atoms with Gasteiger partial charge in [0.25, 0.3) is 0 Å². The summed E-state index contributed by atoms with van der Waals surface area (Å²) in [6, 6.07) is 8.28. The molecule has 2 N–H and O–H groups in total. The molecule has 0 aliphatic carbocycles. The zero-order valence-electron chi connectivity index (χ0n) is 13.1. The quantitative estimate of drug-likeness (QED) is 0.779. The van der Waals surface area contributed by atoms with Crippen LogP contribution in [0.5, 0.6) is 0 Å². The van der Waals surface area contributed by atoms with E-state index in [2.05, 4.69) is 31.4 Å². The third kappa shape index (κ3) is 2.68. The zero-order chi connectivity index (χ0) is 16.5. The predicted octanol–water partition coefficient (Wildman–Crippen LogP) is 1.57. The number of rotatable bonds is 3. The second-order valence-corrected chi connectivity index (χ2v) is 6.56. The maximum Gasteiger partial charge on any atom is 0.233 e. The van der Waals surface area contributed by atoms with Crippen molar-refractivity contribution in [3.63, 3.8) is 0 Å².